The van der Waals surface area contributed by atoms with Gasteiger partial charge < -0.3 is 4.90 Å². The Morgan fingerprint density at radius 2 is 2.21 bits per heavy atom. The summed E-state index contributed by atoms with van der Waals surface area (Å²) in [6, 6.07) is 0. The van der Waals surface area contributed by atoms with Gasteiger partial charge in [-0.3, -0.25) is 0 Å². The molecule has 0 amide bonds. The van der Waals surface area contributed by atoms with Crippen molar-refractivity contribution in [2.45, 2.75) is 19.3 Å². The highest BCUT2D eigenvalue weighted by molar-refractivity contribution is 9.11. The first-order chi connectivity index (χ1) is 6.77. The predicted molar refractivity (Wildman–Crippen MR) is 64.5 cm³/mol. The molecule has 0 radical (unpaired) electrons. The summed E-state index contributed by atoms with van der Waals surface area (Å²) in [7, 11) is 2.19. The van der Waals surface area contributed by atoms with Crippen LogP contribution in [0.5, 0.6) is 0 Å². The molecule has 0 fully saturated rings. The van der Waals surface area contributed by atoms with Gasteiger partial charge in [0.25, 0.3) is 0 Å². The summed E-state index contributed by atoms with van der Waals surface area (Å²) in [6.45, 7) is 2.28. The number of rotatable bonds is 1. The molecule has 0 aromatic heterocycles. The lowest BCUT2D eigenvalue weighted by Gasteiger charge is -2.25. The van der Waals surface area contributed by atoms with E-state index in [0.29, 0.717) is 0 Å². The van der Waals surface area contributed by atoms with Crippen LogP contribution in [-0.4, -0.2) is 25.0 Å². The molecule has 0 unspecified atom stereocenters. The van der Waals surface area contributed by atoms with E-state index in [1.165, 1.54) is 35.0 Å². The molecule has 76 valence electrons. The van der Waals surface area contributed by atoms with Crippen LogP contribution < -0.4 is 0 Å². The van der Waals surface area contributed by atoms with Gasteiger partial charge in [0.1, 0.15) is 0 Å². The van der Waals surface area contributed by atoms with Crippen molar-refractivity contribution < 1.29 is 0 Å². The molecule has 0 bridgehead atoms. The summed E-state index contributed by atoms with van der Waals surface area (Å²) in [5, 5.41) is 0. The summed E-state index contributed by atoms with van der Waals surface area (Å²) in [5.41, 5.74) is 2.91. The van der Waals surface area contributed by atoms with Crippen molar-refractivity contribution in [2.75, 3.05) is 20.1 Å². The van der Waals surface area contributed by atoms with Gasteiger partial charge in [0, 0.05) is 17.6 Å². The fourth-order valence-electron chi connectivity index (χ4n) is 2.01. The van der Waals surface area contributed by atoms with E-state index in [9.17, 15) is 0 Å². The fourth-order valence-corrected chi connectivity index (χ4v) is 2.62. The zero-order valence-electron chi connectivity index (χ0n) is 8.59. The molecule has 1 aliphatic carbocycles. The Hall–Kier alpha value is -0.340. The van der Waals surface area contributed by atoms with E-state index >= 15 is 0 Å². The van der Waals surface area contributed by atoms with Crippen LogP contribution in [0.3, 0.4) is 0 Å². The minimum Gasteiger partial charge on any atom is -0.302 e. The van der Waals surface area contributed by atoms with Crippen LogP contribution in [0.1, 0.15) is 19.3 Å². The van der Waals surface area contributed by atoms with Crippen molar-refractivity contribution >= 4 is 15.9 Å². The predicted octanol–water partition coefficient (Wildman–Crippen LogP) is 3.25. The van der Waals surface area contributed by atoms with Crippen LogP contribution in [0.4, 0.5) is 0 Å². The maximum absolute atomic E-state index is 3.68. The van der Waals surface area contributed by atoms with Gasteiger partial charge in [0.15, 0.2) is 0 Å². The Morgan fingerprint density at radius 1 is 1.36 bits per heavy atom. The lowest BCUT2D eigenvalue weighted by molar-refractivity contribution is 0.357. The van der Waals surface area contributed by atoms with Crippen molar-refractivity contribution in [3.05, 3.63) is 33.9 Å². The highest BCUT2D eigenvalue weighted by atomic mass is 79.9. The summed E-state index contributed by atoms with van der Waals surface area (Å²) >= 11 is 3.68. The van der Waals surface area contributed by atoms with Crippen LogP contribution in [0.25, 0.3) is 0 Å². The van der Waals surface area contributed by atoms with Crippen molar-refractivity contribution in [1.29, 1.82) is 0 Å². The van der Waals surface area contributed by atoms with E-state index < -0.39 is 0 Å². The minimum atomic E-state index is 1.09. The molecule has 2 aliphatic rings. The number of hydrogen-bond acceptors (Lipinski definition) is 1. The number of likely N-dealkylation sites (N-methyl/N-ethyl adjacent to an activating group) is 1. The molecule has 0 aromatic rings. The zero-order chi connectivity index (χ0) is 9.97. The molecule has 1 nitrogen and oxygen atoms in total. The van der Waals surface area contributed by atoms with Crippen LogP contribution in [0.15, 0.2) is 33.9 Å². The highest BCUT2D eigenvalue weighted by Crippen LogP contribution is 2.30. The molecule has 14 heavy (non-hydrogen) atoms. The topological polar surface area (TPSA) is 3.24 Å². The Kier molecular flexibility index (Phi) is 3.24. The largest absolute Gasteiger partial charge is 0.302 e. The van der Waals surface area contributed by atoms with Crippen LogP contribution >= 0.6 is 15.9 Å². The first-order valence-electron chi connectivity index (χ1n) is 5.20. The summed E-state index contributed by atoms with van der Waals surface area (Å²) in [5.74, 6) is 0. The monoisotopic (exact) mass is 253 g/mol. The van der Waals surface area contributed by atoms with E-state index in [2.05, 4.69) is 46.1 Å². The maximum atomic E-state index is 3.68. The third-order valence-electron chi connectivity index (χ3n) is 2.80. The highest BCUT2D eigenvalue weighted by Gasteiger charge is 2.14. The molecule has 0 saturated heterocycles. The van der Waals surface area contributed by atoms with E-state index in [1.54, 1.807) is 0 Å². The van der Waals surface area contributed by atoms with Crippen molar-refractivity contribution in [3.8, 4) is 0 Å². The molecule has 2 rings (SSSR count). The molecule has 1 aliphatic heterocycles. The van der Waals surface area contributed by atoms with Gasteiger partial charge >= 0.3 is 0 Å². The number of allylic oxidation sites excluding steroid dienone is 3. The third kappa shape index (κ3) is 2.18. The number of nitrogens with zero attached hydrogens (tertiary/aromatic N) is 1. The normalized spacial score (nSPS) is 24.0. The van der Waals surface area contributed by atoms with E-state index in [4.69, 9.17) is 0 Å². The Morgan fingerprint density at radius 3 is 2.93 bits per heavy atom. The lowest BCUT2D eigenvalue weighted by atomic mass is 9.96. The Balaban J connectivity index is 2.22. The van der Waals surface area contributed by atoms with Gasteiger partial charge in [-0.05, 0) is 37.5 Å². The maximum Gasteiger partial charge on any atom is 0.0233 e. The molecule has 0 atom stereocenters. The molecule has 2 heteroatoms. The summed E-state index contributed by atoms with van der Waals surface area (Å²) < 4.78 is 1.38. The standard InChI is InChI=1S/C12H16BrN/c1-14-8-4-5-10(9-14)11-6-2-3-7-12(11)13/h2,5-6H,3-4,7-9H2,1H3. The second kappa shape index (κ2) is 4.45. The van der Waals surface area contributed by atoms with Gasteiger partial charge in [0.05, 0.1) is 0 Å². The summed E-state index contributed by atoms with van der Waals surface area (Å²) in [4.78, 5) is 2.38. The molecule has 0 spiro atoms. The van der Waals surface area contributed by atoms with Crippen LogP contribution in [0.2, 0.25) is 0 Å². The third-order valence-corrected chi connectivity index (χ3v) is 3.62. The summed E-state index contributed by atoms with van der Waals surface area (Å²) in [6.07, 6.45) is 10.4. The molecule has 0 N–H and O–H groups in total. The molecular formula is C12H16BrN. The van der Waals surface area contributed by atoms with Gasteiger partial charge in [0.2, 0.25) is 0 Å². The second-order valence-electron chi connectivity index (χ2n) is 4.02. The lowest BCUT2D eigenvalue weighted by Crippen LogP contribution is -2.26. The van der Waals surface area contributed by atoms with Gasteiger partial charge in [-0.2, -0.15) is 0 Å². The van der Waals surface area contributed by atoms with Crippen molar-refractivity contribution in [2.24, 2.45) is 0 Å². The van der Waals surface area contributed by atoms with Gasteiger partial charge in [-0.15, -0.1) is 0 Å². The minimum absolute atomic E-state index is 1.09. The molecule has 0 aromatic carbocycles. The number of hydrogen-bond donors (Lipinski definition) is 0. The van der Waals surface area contributed by atoms with E-state index in [0.717, 1.165) is 13.0 Å². The molecule has 0 saturated carbocycles. The average molecular weight is 254 g/mol. The Bertz CT molecular complexity index is 312. The van der Waals surface area contributed by atoms with Crippen LogP contribution in [0, 0.1) is 0 Å². The molecular weight excluding hydrogens is 238 g/mol. The fraction of sp³-hybridized carbons (Fsp3) is 0.500. The average Bonchev–Trinajstić information content (AvgIpc) is 2.18. The van der Waals surface area contributed by atoms with E-state index in [1.807, 2.05) is 0 Å². The van der Waals surface area contributed by atoms with E-state index in [-0.39, 0.29) is 0 Å². The molecule has 1 heterocycles. The van der Waals surface area contributed by atoms with Crippen LogP contribution in [-0.2, 0) is 0 Å². The van der Waals surface area contributed by atoms with Crippen molar-refractivity contribution in [3.63, 3.8) is 0 Å². The second-order valence-corrected chi connectivity index (χ2v) is 4.97. The first-order valence-corrected chi connectivity index (χ1v) is 6.00. The smallest absolute Gasteiger partial charge is 0.0233 e. The number of halogens is 1. The van der Waals surface area contributed by atoms with Crippen molar-refractivity contribution in [1.82, 2.24) is 4.90 Å². The quantitative estimate of drug-likeness (QED) is 0.694. The van der Waals surface area contributed by atoms with Gasteiger partial charge in [-0.25, -0.2) is 0 Å². The SMILES string of the molecule is CN1CCC=C(C2=C(Br)CCC=C2)C1. The first kappa shape index (κ1) is 10.2. The Labute approximate surface area is 94.3 Å². The zero-order valence-corrected chi connectivity index (χ0v) is 10.2. The van der Waals surface area contributed by atoms with Gasteiger partial charge in [-0.1, -0.05) is 34.2 Å².